The molecule has 0 unspecified atom stereocenters. The van der Waals surface area contributed by atoms with E-state index >= 15 is 0 Å². The molecule has 30 heavy (non-hydrogen) atoms. The van der Waals surface area contributed by atoms with Crippen molar-refractivity contribution in [1.29, 1.82) is 0 Å². The molecule has 1 aliphatic heterocycles. The van der Waals surface area contributed by atoms with Gasteiger partial charge in [-0.25, -0.2) is 4.39 Å². The van der Waals surface area contributed by atoms with Crippen molar-refractivity contribution in [2.75, 3.05) is 39.9 Å². The first-order chi connectivity index (χ1) is 14.5. The third kappa shape index (κ3) is 4.97. The van der Waals surface area contributed by atoms with E-state index in [2.05, 4.69) is 0 Å². The Hall–Kier alpha value is -3.35. The lowest BCUT2D eigenvalue weighted by molar-refractivity contribution is -0.127. The zero-order valence-electron chi connectivity index (χ0n) is 17.1. The van der Waals surface area contributed by atoms with Crippen LogP contribution in [-0.4, -0.2) is 61.5 Å². The quantitative estimate of drug-likeness (QED) is 0.684. The van der Waals surface area contributed by atoms with Gasteiger partial charge in [-0.2, -0.15) is 0 Å². The number of benzene rings is 2. The highest BCUT2D eigenvalue weighted by Gasteiger charge is 2.25. The molecule has 158 valence electrons. The van der Waals surface area contributed by atoms with Gasteiger partial charge in [0, 0.05) is 32.3 Å². The SMILES string of the molecule is CCOc1ccc(/C=C/C(=O)N2CCN(C(=O)c3ccccc3F)CC2)cc1OC. The minimum atomic E-state index is -0.533. The Morgan fingerprint density at radius 2 is 1.73 bits per heavy atom. The molecule has 1 heterocycles. The van der Waals surface area contributed by atoms with Gasteiger partial charge in [-0.3, -0.25) is 9.59 Å². The molecule has 3 rings (SSSR count). The minimum Gasteiger partial charge on any atom is -0.493 e. The number of hydrogen-bond acceptors (Lipinski definition) is 4. The molecular weight excluding hydrogens is 387 g/mol. The first kappa shape index (κ1) is 21.4. The van der Waals surface area contributed by atoms with Crippen LogP contribution >= 0.6 is 0 Å². The van der Waals surface area contributed by atoms with Crippen LogP contribution in [0, 0.1) is 5.82 Å². The van der Waals surface area contributed by atoms with E-state index in [4.69, 9.17) is 9.47 Å². The number of methoxy groups -OCH3 is 1. The van der Waals surface area contributed by atoms with Gasteiger partial charge < -0.3 is 19.3 Å². The summed E-state index contributed by atoms with van der Waals surface area (Å²) in [6.07, 6.45) is 3.22. The van der Waals surface area contributed by atoms with E-state index in [1.54, 1.807) is 47.3 Å². The second-order valence-corrected chi connectivity index (χ2v) is 6.77. The number of hydrogen-bond donors (Lipinski definition) is 0. The van der Waals surface area contributed by atoms with Crippen molar-refractivity contribution in [3.63, 3.8) is 0 Å². The van der Waals surface area contributed by atoms with Gasteiger partial charge in [-0.15, -0.1) is 0 Å². The van der Waals surface area contributed by atoms with Crippen LogP contribution in [0.15, 0.2) is 48.5 Å². The summed E-state index contributed by atoms with van der Waals surface area (Å²) >= 11 is 0. The van der Waals surface area contributed by atoms with E-state index in [9.17, 15) is 14.0 Å². The monoisotopic (exact) mass is 412 g/mol. The minimum absolute atomic E-state index is 0.0571. The third-order valence-electron chi connectivity index (χ3n) is 4.89. The van der Waals surface area contributed by atoms with Crippen LogP contribution in [0.3, 0.4) is 0 Å². The van der Waals surface area contributed by atoms with Crippen molar-refractivity contribution in [2.24, 2.45) is 0 Å². The summed E-state index contributed by atoms with van der Waals surface area (Å²) < 4.78 is 24.7. The molecule has 1 aliphatic rings. The van der Waals surface area contributed by atoms with Gasteiger partial charge >= 0.3 is 0 Å². The van der Waals surface area contributed by atoms with Crippen molar-refractivity contribution in [3.05, 3.63) is 65.5 Å². The average Bonchev–Trinajstić information content (AvgIpc) is 2.78. The standard InChI is InChI=1S/C23H25FN2O4/c1-3-30-20-10-8-17(16-21(20)29-2)9-11-22(27)25-12-14-26(15-13-25)23(28)18-6-4-5-7-19(18)24/h4-11,16H,3,12-15H2,1-2H3/b11-9+. The van der Waals surface area contributed by atoms with E-state index in [0.29, 0.717) is 44.3 Å². The Labute approximate surface area is 175 Å². The Morgan fingerprint density at radius 3 is 2.40 bits per heavy atom. The molecule has 0 aromatic heterocycles. The molecule has 0 saturated carbocycles. The number of piperazine rings is 1. The van der Waals surface area contributed by atoms with Gasteiger partial charge in [0.2, 0.25) is 5.91 Å². The summed E-state index contributed by atoms with van der Waals surface area (Å²) in [5.74, 6) is 0.235. The van der Waals surface area contributed by atoms with Crippen LogP contribution in [0.25, 0.3) is 6.08 Å². The summed E-state index contributed by atoms with van der Waals surface area (Å²) in [6.45, 7) is 3.96. The van der Waals surface area contributed by atoms with Gasteiger partial charge in [-0.1, -0.05) is 18.2 Å². The molecule has 0 bridgehead atoms. The van der Waals surface area contributed by atoms with Crippen molar-refractivity contribution in [3.8, 4) is 11.5 Å². The topological polar surface area (TPSA) is 59.1 Å². The summed E-state index contributed by atoms with van der Waals surface area (Å²) in [5, 5.41) is 0. The van der Waals surface area contributed by atoms with Gasteiger partial charge in [0.25, 0.3) is 5.91 Å². The molecular formula is C23H25FN2O4. The maximum atomic E-state index is 13.8. The van der Waals surface area contributed by atoms with E-state index < -0.39 is 5.82 Å². The van der Waals surface area contributed by atoms with Crippen LogP contribution in [0.1, 0.15) is 22.8 Å². The van der Waals surface area contributed by atoms with Crippen LogP contribution < -0.4 is 9.47 Å². The number of carbonyl (C=O) groups excluding carboxylic acids is 2. The smallest absolute Gasteiger partial charge is 0.256 e. The fourth-order valence-electron chi connectivity index (χ4n) is 3.27. The molecule has 2 aromatic carbocycles. The highest BCUT2D eigenvalue weighted by atomic mass is 19.1. The zero-order chi connectivity index (χ0) is 21.5. The van der Waals surface area contributed by atoms with E-state index in [1.807, 2.05) is 13.0 Å². The number of halogens is 1. The molecule has 0 N–H and O–H groups in total. The predicted octanol–water partition coefficient (Wildman–Crippen LogP) is 3.23. The molecule has 2 amide bonds. The van der Waals surface area contributed by atoms with Gasteiger partial charge in [0.15, 0.2) is 11.5 Å². The summed E-state index contributed by atoms with van der Waals surface area (Å²) in [4.78, 5) is 28.3. The molecule has 0 spiro atoms. The number of nitrogens with zero attached hydrogens (tertiary/aromatic N) is 2. The normalized spacial score (nSPS) is 14.1. The van der Waals surface area contributed by atoms with Gasteiger partial charge in [0.05, 0.1) is 19.3 Å². The van der Waals surface area contributed by atoms with Gasteiger partial charge in [0.1, 0.15) is 5.82 Å². The first-order valence-electron chi connectivity index (χ1n) is 9.85. The largest absolute Gasteiger partial charge is 0.493 e. The predicted molar refractivity (Wildman–Crippen MR) is 112 cm³/mol. The van der Waals surface area contributed by atoms with Crippen molar-refractivity contribution < 1.29 is 23.5 Å². The maximum absolute atomic E-state index is 13.8. The molecule has 2 aromatic rings. The van der Waals surface area contributed by atoms with Gasteiger partial charge in [-0.05, 0) is 42.8 Å². The average molecular weight is 412 g/mol. The highest BCUT2D eigenvalue weighted by Crippen LogP contribution is 2.28. The molecule has 0 radical (unpaired) electrons. The van der Waals surface area contributed by atoms with Crippen LogP contribution in [0.5, 0.6) is 11.5 Å². The van der Waals surface area contributed by atoms with E-state index in [1.165, 1.54) is 18.2 Å². The summed E-state index contributed by atoms with van der Waals surface area (Å²) in [5.41, 5.74) is 0.874. The van der Waals surface area contributed by atoms with E-state index in [0.717, 1.165) is 5.56 Å². The van der Waals surface area contributed by atoms with Crippen molar-refractivity contribution >= 4 is 17.9 Å². The molecule has 7 heteroatoms. The second-order valence-electron chi connectivity index (χ2n) is 6.77. The fraction of sp³-hybridized carbons (Fsp3) is 0.304. The lowest BCUT2D eigenvalue weighted by Crippen LogP contribution is -2.50. The zero-order valence-corrected chi connectivity index (χ0v) is 17.1. The second kappa shape index (κ2) is 9.91. The van der Waals surface area contributed by atoms with Crippen molar-refractivity contribution in [1.82, 2.24) is 9.80 Å². The molecule has 1 saturated heterocycles. The lowest BCUT2D eigenvalue weighted by atomic mass is 10.1. The maximum Gasteiger partial charge on any atom is 0.256 e. The summed E-state index contributed by atoms with van der Waals surface area (Å²) in [6, 6.07) is 11.4. The molecule has 0 aliphatic carbocycles. The van der Waals surface area contributed by atoms with E-state index in [-0.39, 0.29) is 17.4 Å². The third-order valence-corrected chi connectivity index (χ3v) is 4.89. The Bertz CT molecular complexity index is 937. The number of rotatable bonds is 6. The Balaban J connectivity index is 1.58. The Morgan fingerprint density at radius 1 is 1.03 bits per heavy atom. The molecule has 0 atom stereocenters. The first-order valence-corrected chi connectivity index (χ1v) is 9.85. The van der Waals surface area contributed by atoms with Crippen molar-refractivity contribution in [2.45, 2.75) is 6.92 Å². The van der Waals surface area contributed by atoms with Crippen LogP contribution in [-0.2, 0) is 4.79 Å². The number of ether oxygens (including phenoxy) is 2. The molecule has 1 fully saturated rings. The fourth-order valence-corrected chi connectivity index (χ4v) is 3.27. The van der Waals surface area contributed by atoms with Crippen LogP contribution in [0.2, 0.25) is 0 Å². The number of carbonyl (C=O) groups is 2. The Kier molecular flexibility index (Phi) is 7.06. The molecule has 6 nitrogen and oxygen atoms in total. The van der Waals surface area contributed by atoms with Crippen LogP contribution in [0.4, 0.5) is 4.39 Å². The number of amides is 2. The summed E-state index contributed by atoms with van der Waals surface area (Å²) in [7, 11) is 1.57. The highest BCUT2D eigenvalue weighted by molar-refractivity contribution is 5.95. The lowest BCUT2D eigenvalue weighted by Gasteiger charge is -2.34.